The van der Waals surface area contributed by atoms with Crippen molar-refractivity contribution in [1.29, 1.82) is 0 Å². The van der Waals surface area contributed by atoms with Crippen LogP contribution in [0.1, 0.15) is 51.0 Å². The monoisotopic (exact) mass is 494 g/mol. The average molecular weight is 495 g/mol. The number of fused-ring (bicyclic) bond motifs is 1. The SMILES string of the molecule is CC(C)c1ccc(NC(=O)Cn2cnc3nc(N4CCC(C(=O)NC5CC5)CC4)sc3c2=O)cc1. The molecule has 2 aliphatic rings. The van der Waals surface area contributed by atoms with Crippen molar-refractivity contribution < 1.29 is 9.59 Å². The molecule has 1 aliphatic heterocycles. The maximum Gasteiger partial charge on any atom is 0.273 e. The number of nitrogens with zero attached hydrogens (tertiary/aromatic N) is 4. The van der Waals surface area contributed by atoms with Gasteiger partial charge in [0.05, 0.1) is 0 Å². The van der Waals surface area contributed by atoms with Crippen LogP contribution < -0.4 is 21.1 Å². The molecule has 1 aromatic carbocycles. The fraction of sp³-hybridized carbons (Fsp3) is 0.480. The zero-order valence-electron chi connectivity index (χ0n) is 20.0. The second kappa shape index (κ2) is 9.77. The van der Waals surface area contributed by atoms with Gasteiger partial charge in [-0.05, 0) is 49.3 Å². The van der Waals surface area contributed by atoms with Crippen molar-refractivity contribution in [1.82, 2.24) is 19.9 Å². The Hall–Kier alpha value is -3.27. The highest BCUT2D eigenvalue weighted by Gasteiger charge is 2.30. The van der Waals surface area contributed by atoms with Gasteiger partial charge in [0, 0.05) is 30.7 Å². The molecule has 0 unspecified atom stereocenters. The molecule has 0 atom stereocenters. The summed E-state index contributed by atoms with van der Waals surface area (Å²) in [6.45, 7) is 5.54. The van der Waals surface area contributed by atoms with Gasteiger partial charge in [-0.15, -0.1) is 0 Å². The fourth-order valence-corrected chi connectivity index (χ4v) is 5.29. The molecule has 1 saturated heterocycles. The molecule has 1 saturated carbocycles. The van der Waals surface area contributed by atoms with E-state index in [2.05, 4.69) is 39.3 Å². The van der Waals surface area contributed by atoms with E-state index in [4.69, 9.17) is 0 Å². The van der Waals surface area contributed by atoms with Crippen molar-refractivity contribution in [3.05, 3.63) is 46.5 Å². The van der Waals surface area contributed by atoms with Gasteiger partial charge in [0.2, 0.25) is 11.8 Å². The summed E-state index contributed by atoms with van der Waals surface area (Å²) in [7, 11) is 0. The Morgan fingerprint density at radius 1 is 1.11 bits per heavy atom. The lowest BCUT2D eigenvalue weighted by Gasteiger charge is -2.30. The van der Waals surface area contributed by atoms with Gasteiger partial charge in [-0.25, -0.2) is 4.98 Å². The summed E-state index contributed by atoms with van der Waals surface area (Å²) in [4.78, 5) is 48.9. The third-order valence-electron chi connectivity index (χ3n) is 6.61. The van der Waals surface area contributed by atoms with Gasteiger partial charge in [0.1, 0.15) is 17.6 Å². The molecule has 3 aromatic rings. The van der Waals surface area contributed by atoms with E-state index < -0.39 is 0 Å². The molecule has 3 heterocycles. The van der Waals surface area contributed by atoms with Crippen LogP contribution in [0.4, 0.5) is 10.8 Å². The van der Waals surface area contributed by atoms with E-state index in [-0.39, 0.29) is 29.8 Å². The zero-order chi connectivity index (χ0) is 24.5. The number of benzene rings is 1. The normalized spacial score (nSPS) is 16.6. The largest absolute Gasteiger partial charge is 0.353 e. The predicted molar refractivity (Wildman–Crippen MR) is 137 cm³/mol. The van der Waals surface area contributed by atoms with Crippen molar-refractivity contribution >= 4 is 44.3 Å². The van der Waals surface area contributed by atoms with Gasteiger partial charge in [-0.3, -0.25) is 19.0 Å². The smallest absolute Gasteiger partial charge is 0.273 e. The van der Waals surface area contributed by atoms with E-state index in [1.807, 2.05) is 24.3 Å². The molecule has 2 amide bonds. The van der Waals surface area contributed by atoms with Crippen LogP contribution in [0.2, 0.25) is 0 Å². The highest BCUT2D eigenvalue weighted by molar-refractivity contribution is 7.22. The number of carbonyl (C=O) groups excluding carboxylic acids is 2. The highest BCUT2D eigenvalue weighted by atomic mass is 32.1. The van der Waals surface area contributed by atoms with Crippen molar-refractivity contribution in [3.8, 4) is 0 Å². The summed E-state index contributed by atoms with van der Waals surface area (Å²) in [6.07, 6.45) is 5.10. The maximum absolute atomic E-state index is 13.0. The van der Waals surface area contributed by atoms with E-state index in [1.165, 1.54) is 27.8 Å². The summed E-state index contributed by atoms with van der Waals surface area (Å²) in [5, 5.41) is 6.67. The number of amides is 2. The zero-order valence-corrected chi connectivity index (χ0v) is 20.8. The van der Waals surface area contributed by atoms with Gasteiger partial charge in [0.15, 0.2) is 10.8 Å². The maximum atomic E-state index is 13.0. The fourth-order valence-electron chi connectivity index (χ4n) is 4.27. The second-order valence-corrected chi connectivity index (χ2v) is 10.7. The Morgan fingerprint density at radius 3 is 2.49 bits per heavy atom. The lowest BCUT2D eigenvalue weighted by atomic mass is 9.96. The number of thiazole rings is 1. The van der Waals surface area contributed by atoms with Gasteiger partial charge >= 0.3 is 0 Å². The number of piperidine rings is 1. The molecule has 2 aromatic heterocycles. The van der Waals surface area contributed by atoms with Crippen molar-refractivity contribution in [2.45, 2.75) is 58.0 Å². The Labute approximate surface area is 207 Å². The van der Waals surface area contributed by atoms with Gasteiger partial charge in [-0.1, -0.05) is 37.3 Å². The Bertz CT molecular complexity index is 1290. The molecule has 0 spiro atoms. The molecule has 35 heavy (non-hydrogen) atoms. The minimum absolute atomic E-state index is 0.0386. The van der Waals surface area contributed by atoms with Crippen LogP contribution in [0.15, 0.2) is 35.4 Å². The number of anilines is 2. The Kier molecular flexibility index (Phi) is 6.55. The summed E-state index contributed by atoms with van der Waals surface area (Å²) in [5.74, 6) is 0.326. The number of hydrogen-bond donors (Lipinski definition) is 2. The van der Waals surface area contributed by atoms with Crippen LogP contribution in [0.3, 0.4) is 0 Å². The third kappa shape index (κ3) is 5.37. The van der Waals surface area contributed by atoms with Gasteiger partial charge < -0.3 is 15.5 Å². The molecule has 0 radical (unpaired) electrons. The van der Waals surface area contributed by atoms with Crippen LogP contribution in [0, 0.1) is 5.92 Å². The summed E-state index contributed by atoms with van der Waals surface area (Å²) in [6, 6.07) is 8.09. The van der Waals surface area contributed by atoms with E-state index in [1.54, 1.807) is 0 Å². The highest BCUT2D eigenvalue weighted by Crippen LogP contribution is 2.30. The van der Waals surface area contributed by atoms with Crippen LogP contribution in [0.5, 0.6) is 0 Å². The summed E-state index contributed by atoms with van der Waals surface area (Å²) in [5.41, 5.74) is 2.00. The van der Waals surface area contributed by atoms with Gasteiger partial charge in [0.25, 0.3) is 5.56 Å². The quantitative estimate of drug-likeness (QED) is 0.522. The lowest BCUT2D eigenvalue weighted by Crippen LogP contribution is -2.41. The molecular weight excluding hydrogens is 464 g/mol. The molecule has 9 nitrogen and oxygen atoms in total. The average Bonchev–Trinajstić information content (AvgIpc) is 3.55. The Morgan fingerprint density at radius 2 is 1.83 bits per heavy atom. The van der Waals surface area contributed by atoms with Crippen molar-refractivity contribution in [3.63, 3.8) is 0 Å². The lowest BCUT2D eigenvalue weighted by molar-refractivity contribution is -0.125. The van der Waals surface area contributed by atoms with Crippen LogP contribution in [-0.2, 0) is 16.1 Å². The van der Waals surface area contributed by atoms with E-state index in [9.17, 15) is 14.4 Å². The van der Waals surface area contributed by atoms with Crippen LogP contribution >= 0.6 is 11.3 Å². The number of aromatic nitrogens is 3. The molecular formula is C25H30N6O3S. The predicted octanol–water partition coefficient (Wildman–Crippen LogP) is 3.11. The minimum atomic E-state index is -0.290. The standard InChI is InChI=1S/C25H30N6O3S/c1-15(2)16-3-5-18(6-4-16)27-20(32)13-31-14-26-22-21(24(31)34)35-25(29-22)30-11-9-17(10-12-30)23(33)28-19-7-8-19/h3-6,14-15,17,19H,7-13H2,1-2H3,(H,27,32)(H,28,33). The van der Waals surface area contributed by atoms with Gasteiger partial charge in [-0.2, -0.15) is 4.98 Å². The molecule has 10 heteroatoms. The third-order valence-corrected chi connectivity index (χ3v) is 7.70. The summed E-state index contributed by atoms with van der Waals surface area (Å²) < 4.78 is 1.75. The van der Waals surface area contributed by atoms with Crippen LogP contribution in [-0.4, -0.2) is 45.5 Å². The first kappa shape index (κ1) is 23.5. The molecule has 2 fully saturated rings. The number of rotatable bonds is 7. The van der Waals surface area contributed by atoms with Crippen molar-refractivity contribution in [2.24, 2.45) is 5.92 Å². The van der Waals surface area contributed by atoms with E-state index in [0.717, 1.165) is 43.9 Å². The molecule has 2 N–H and O–H groups in total. The number of hydrogen-bond acceptors (Lipinski definition) is 7. The van der Waals surface area contributed by atoms with Crippen LogP contribution in [0.25, 0.3) is 10.3 Å². The molecule has 0 bridgehead atoms. The van der Waals surface area contributed by atoms with E-state index >= 15 is 0 Å². The Balaban J connectivity index is 1.23. The molecule has 184 valence electrons. The molecule has 5 rings (SSSR count). The first-order valence-electron chi connectivity index (χ1n) is 12.2. The topological polar surface area (TPSA) is 109 Å². The molecule has 1 aliphatic carbocycles. The number of nitrogens with one attached hydrogen (secondary N) is 2. The first-order chi connectivity index (χ1) is 16.9. The summed E-state index contributed by atoms with van der Waals surface area (Å²) >= 11 is 1.30. The van der Waals surface area contributed by atoms with Crippen molar-refractivity contribution in [2.75, 3.05) is 23.3 Å². The second-order valence-electron chi connectivity index (χ2n) is 9.70. The first-order valence-corrected chi connectivity index (χ1v) is 13.0. The number of carbonyl (C=O) groups is 2. The van der Waals surface area contributed by atoms with E-state index in [0.29, 0.717) is 28.0 Å². The minimum Gasteiger partial charge on any atom is -0.353 e.